The quantitative estimate of drug-likeness (QED) is 0.226. The zero-order valence-corrected chi connectivity index (χ0v) is 14.2. The zero-order chi connectivity index (χ0) is 13.5. The molecular weight excluding hydrogens is 476 g/mol. The highest BCUT2D eigenvalue weighted by Gasteiger charge is 2.08. The van der Waals surface area contributed by atoms with Crippen LogP contribution in [0.5, 0.6) is 5.75 Å². The highest BCUT2D eigenvalue weighted by atomic mass is 127. The number of thiocarbonyl (C=S) groups is 1. The first kappa shape index (κ1) is 15.5. The van der Waals surface area contributed by atoms with E-state index in [-0.39, 0.29) is 11.7 Å². The molecule has 0 bridgehead atoms. The number of rotatable bonds is 4. The molecule has 0 heterocycles. The first-order valence-corrected chi connectivity index (χ1v) is 7.25. The molecule has 0 spiro atoms. The highest BCUT2D eigenvalue weighted by molar-refractivity contribution is 14.1. The first-order valence-electron chi connectivity index (χ1n) is 4.68. The monoisotopic (exact) mass is 485 g/mol. The SMILES string of the molecule is C#CCOc1c(I)cc(I)cc1/C=N/NC(N)=S. The van der Waals surface area contributed by atoms with Gasteiger partial charge < -0.3 is 10.5 Å². The van der Waals surface area contributed by atoms with Crippen molar-refractivity contribution in [3.63, 3.8) is 0 Å². The van der Waals surface area contributed by atoms with Crippen LogP contribution >= 0.6 is 57.4 Å². The molecule has 0 fully saturated rings. The lowest BCUT2D eigenvalue weighted by atomic mass is 10.2. The van der Waals surface area contributed by atoms with Gasteiger partial charge in [-0.1, -0.05) is 5.92 Å². The van der Waals surface area contributed by atoms with Crippen LogP contribution in [0.25, 0.3) is 0 Å². The number of nitrogens with two attached hydrogens (primary N) is 1. The number of halogens is 2. The van der Waals surface area contributed by atoms with Crippen molar-refractivity contribution in [2.24, 2.45) is 10.8 Å². The maximum Gasteiger partial charge on any atom is 0.184 e. The fourth-order valence-electron chi connectivity index (χ4n) is 1.11. The summed E-state index contributed by atoms with van der Waals surface area (Å²) in [5.74, 6) is 3.13. The highest BCUT2D eigenvalue weighted by Crippen LogP contribution is 2.27. The number of terminal acetylenes is 1. The lowest BCUT2D eigenvalue weighted by molar-refractivity contribution is 0.367. The van der Waals surface area contributed by atoms with E-state index in [0.29, 0.717) is 5.75 Å². The van der Waals surface area contributed by atoms with Crippen molar-refractivity contribution in [3.05, 3.63) is 24.8 Å². The molecule has 0 aliphatic heterocycles. The standard InChI is InChI=1S/C11H9I2N3OS/c1-2-3-17-10-7(6-15-16-11(14)18)4-8(12)5-9(10)13/h1,4-6H,3H2,(H3,14,16,18)/b15-6+. The smallest absolute Gasteiger partial charge is 0.184 e. The summed E-state index contributed by atoms with van der Waals surface area (Å²) in [5.41, 5.74) is 8.59. The van der Waals surface area contributed by atoms with Crippen LogP contribution in [0, 0.1) is 19.5 Å². The Bertz CT molecular complexity index is 526. The number of hydrogen-bond acceptors (Lipinski definition) is 3. The minimum absolute atomic E-state index is 0.109. The first-order chi connectivity index (χ1) is 8.54. The van der Waals surface area contributed by atoms with Crippen LogP contribution in [0.1, 0.15) is 5.56 Å². The van der Waals surface area contributed by atoms with Crippen LogP contribution in [0.15, 0.2) is 17.2 Å². The maximum absolute atomic E-state index is 5.50. The van der Waals surface area contributed by atoms with Gasteiger partial charge in [0.05, 0.1) is 9.78 Å². The molecule has 3 N–H and O–H groups in total. The molecule has 0 aliphatic carbocycles. The van der Waals surface area contributed by atoms with Crippen LogP contribution in [0.2, 0.25) is 0 Å². The van der Waals surface area contributed by atoms with E-state index >= 15 is 0 Å². The van der Waals surface area contributed by atoms with E-state index in [1.807, 2.05) is 12.1 Å². The summed E-state index contributed by atoms with van der Waals surface area (Å²) in [5, 5.41) is 4.02. The Morgan fingerprint density at radius 3 is 2.94 bits per heavy atom. The van der Waals surface area contributed by atoms with Gasteiger partial charge in [0, 0.05) is 9.13 Å². The number of benzene rings is 1. The van der Waals surface area contributed by atoms with Crippen LogP contribution in [-0.4, -0.2) is 17.9 Å². The fourth-order valence-corrected chi connectivity index (χ4v) is 3.21. The van der Waals surface area contributed by atoms with E-state index < -0.39 is 0 Å². The van der Waals surface area contributed by atoms with Crippen molar-refractivity contribution in [1.82, 2.24) is 5.43 Å². The van der Waals surface area contributed by atoms with E-state index in [4.69, 9.17) is 16.9 Å². The van der Waals surface area contributed by atoms with Crippen molar-refractivity contribution >= 4 is 68.7 Å². The third-order valence-corrected chi connectivity index (χ3v) is 3.23. The van der Waals surface area contributed by atoms with Gasteiger partial charge in [-0.25, -0.2) is 0 Å². The van der Waals surface area contributed by atoms with Crippen molar-refractivity contribution in [2.45, 2.75) is 0 Å². The molecule has 0 aromatic heterocycles. The molecule has 0 aliphatic rings. The minimum Gasteiger partial charge on any atom is -0.479 e. The predicted molar refractivity (Wildman–Crippen MR) is 93.7 cm³/mol. The van der Waals surface area contributed by atoms with Gasteiger partial charge in [-0.2, -0.15) is 5.10 Å². The molecule has 18 heavy (non-hydrogen) atoms. The van der Waals surface area contributed by atoms with Crippen molar-refractivity contribution < 1.29 is 4.74 Å². The Morgan fingerprint density at radius 1 is 1.61 bits per heavy atom. The number of ether oxygens (including phenoxy) is 1. The Balaban J connectivity index is 3.03. The van der Waals surface area contributed by atoms with E-state index in [1.54, 1.807) is 6.21 Å². The molecule has 4 nitrogen and oxygen atoms in total. The van der Waals surface area contributed by atoms with Crippen LogP contribution in [0.4, 0.5) is 0 Å². The molecule has 0 saturated carbocycles. The number of hydrazone groups is 1. The molecule has 1 rings (SSSR count). The zero-order valence-electron chi connectivity index (χ0n) is 9.11. The Kier molecular flexibility index (Phi) is 6.66. The second-order valence-electron chi connectivity index (χ2n) is 3.03. The van der Waals surface area contributed by atoms with Gasteiger partial charge in [-0.15, -0.1) is 6.42 Å². The maximum atomic E-state index is 5.50. The molecule has 0 unspecified atom stereocenters. The summed E-state index contributed by atoms with van der Waals surface area (Å²) in [4.78, 5) is 0. The average molecular weight is 485 g/mol. The topological polar surface area (TPSA) is 59.6 Å². The van der Waals surface area contributed by atoms with Crippen LogP contribution in [0.3, 0.4) is 0 Å². The Hall–Kier alpha value is -0.600. The number of nitrogens with one attached hydrogen (secondary N) is 1. The molecule has 7 heteroatoms. The van der Waals surface area contributed by atoms with E-state index in [1.165, 1.54) is 0 Å². The van der Waals surface area contributed by atoms with Crippen molar-refractivity contribution in [1.29, 1.82) is 0 Å². The largest absolute Gasteiger partial charge is 0.479 e. The summed E-state index contributed by atoms with van der Waals surface area (Å²) in [7, 11) is 0. The van der Waals surface area contributed by atoms with Gasteiger partial charge in [0.2, 0.25) is 0 Å². The molecule has 1 aromatic rings. The number of hydrogen-bond donors (Lipinski definition) is 2. The predicted octanol–water partition coefficient (Wildman–Crippen LogP) is 2.07. The van der Waals surface area contributed by atoms with Gasteiger partial charge in [0.1, 0.15) is 12.4 Å². The van der Waals surface area contributed by atoms with Gasteiger partial charge >= 0.3 is 0 Å². The molecule has 94 valence electrons. The van der Waals surface area contributed by atoms with Gasteiger partial charge in [-0.3, -0.25) is 5.43 Å². The lowest BCUT2D eigenvalue weighted by Gasteiger charge is -2.09. The van der Waals surface area contributed by atoms with Gasteiger partial charge in [0.25, 0.3) is 0 Å². The second-order valence-corrected chi connectivity index (χ2v) is 5.88. The molecular formula is C11H9I2N3OS. The van der Waals surface area contributed by atoms with Crippen molar-refractivity contribution in [3.8, 4) is 18.1 Å². The lowest BCUT2D eigenvalue weighted by Crippen LogP contribution is -2.24. The second kappa shape index (κ2) is 7.75. The molecule has 0 radical (unpaired) electrons. The van der Waals surface area contributed by atoms with Gasteiger partial charge in [0.15, 0.2) is 5.11 Å². The van der Waals surface area contributed by atoms with E-state index in [2.05, 4.69) is 73.8 Å². The van der Waals surface area contributed by atoms with E-state index in [9.17, 15) is 0 Å². The Morgan fingerprint density at radius 2 is 2.33 bits per heavy atom. The summed E-state index contributed by atoms with van der Waals surface area (Å²) >= 11 is 9.06. The summed E-state index contributed by atoms with van der Waals surface area (Å²) in [6.45, 7) is 0.208. The summed E-state index contributed by atoms with van der Waals surface area (Å²) < 4.78 is 7.54. The fraction of sp³-hybridized carbons (Fsp3) is 0.0909. The Labute approximate surface area is 138 Å². The molecule has 1 aromatic carbocycles. The molecule has 0 atom stereocenters. The molecule has 0 amide bonds. The summed E-state index contributed by atoms with van der Waals surface area (Å²) in [6, 6.07) is 3.92. The third-order valence-electron chi connectivity index (χ3n) is 1.72. The van der Waals surface area contributed by atoms with Crippen molar-refractivity contribution in [2.75, 3.05) is 6.61 Å². The third kappa shape index (κ3) is 4.95. The average Bonchev–Trinajstić information content (AvgIpc) is 2.27. The number of nitrogens with zero attached hydrogens (tertiary/aromatic N) is 1. The minimum atomic E-state index is 0.109. The normalized spacial score (nSPS) is 10.1. The van der Waals surface area contributed by atoms with E-state index in [0.717, 1.165) is 12.7 Å². The van der Waals surface area contributed by atoms with Gasteiger partial charge in [-0.05, 0) is 69.5 Å². The van der Waals surface area contributed by atoms with Crippen LogP contribution < -0.4 is 15.9 Å². The summed E-state index contributed by atoms with van der Waals surface area (Å²) in [6.07, 6.45) is 6.78. The van der Waals surface area contributed by atoms with Crippen LogP contribution in [-0.2, 0) is 0 Å². The molecule has 0 saturated heterocycles.